The van der Waals surface area contributed by atoms with E-state index in [2.05, 4.69) is 31.3 Å². The standard InChI is InChI=1S/C83H163NO5/c1-3-5-7-9-11-13-15-17-19-21-40-45-49-53-57-61-65-69-73-77-83(88)89-78-74-70-66-62-58-54-50-46-42-39-37-35-33-31-29-27-25-23-24-26-28-30-32-34-36-38-41-44-48-52-56-60-64-68-72-76-82(87)84-80(79-85)81(86)75-71-67-63-59-55-51-47-43-22-20-18-16-14-12-10-8-6-4-2/h17,19,80-81,85-86H,3-16,18,20-79H2,1-2H3,(H,84,87)/b19-17-. The quantitative estimate of drug-likeness (QED) is 0.0320. The molecule has 6 heteroatoms. The number of ether oxygens (including phenoxy) is 1. The van der Waals surface area contributed by atoms with Gasteiger partial charge < -0.3 is 20.3 Å². The molecule has 0 aromatic heterocycles. The summed E-state index contributed by atoms with van der Waals surface area (Å²) >= 11 is 0. The fraction of sp³-hybridized carbons (Fsp3) is 0.952. The topological polar surface area (TPSA) is 95.9 Å². The third-order valence-electron chi connectivity index (χ3n) is 19.8. The Morgan fingerprint density at radius 1 is 0.303 bits per heavy atom. The van der Waals surface area contributed by atoms with Crippen LogP contribution >= 0.6 is 0 Å². The molecular formula is C83H163NO5. The molecule has 3 N–H and O–H groups in total. The lowest BCUT2D eigenvalue weighted by Crippen LogP contribution is -2.45. The van der Waals surface area contributed by atoms with Crippen molar-refractivity contribution in [2.24, 2.45) is 0 Å². The highest BCUT2D eigenvalue weighted by molar-refractivity contribution is 5.76. The Hall–Kier alpha value is -1.40. The molecule has 0 saturated heterocycles. The van der Waals surface area contributed by atoms with Crippen LogP contribution in [0, 0.1) is 0 Å². The predicted molar refractivity (Wildman–Crippen MR) is 394 cm³/mol. The highest BCUT2D eigenvalue weighted by atomic mass is 16.5. The molecule has 0 rings (SSSR count). The number of carbonyl (C=O) groups is 2. The summed E-state index contributed by atoms with van der Waals surface area (Å²) in [6.07, 6.45) is 100. The fourth-order valence-corrected chi connectivity index (χ4v) is 13.5. The van der Waals surface area contributed by atoms with Gasteiger partial charge in [-0.3, -0.25) is 9.59 Å². The minimum atomic E-state index is -0.660. The molecular weight excluding hydrogens is 1090 g/mol. The molecule has 0 fully saturated rings. The molecule has 1 amide bonds. The average Bonchev–Trinajstić information content (AvgIpc) is 3.63. The molecule has 0 aromatic rings. The zero-order valence-corrected chi connectivity index (χ0v) is 61.0. The molecule has 2 atom stereocenters. The van der Waals surface area contributed by atoms with Crippen molar-refractivity contribution in [2.75, 3.05) is 13.2 Å². The zero-order chi connectivity index (χ0) is 64.2. The second-order valence-electron chi connectivity index (χ2n) is 28.8. The third kappa shape index (κ3) is 75.5. The second kappa shape index (κ2) is 79.0. The van der Waals surface area contributed by atoms with Crippen LogP contribution in [0.1, 0.15) is 483 Å². The lowest BCUT2D eigenvalue weighted by atomic mass is 10.0. The van der Waals surface area contributed by atoms with E-state index < -0.39 is 12.1 Å². The highest BCUT2D eigenvalue weighted by Gasteiger charge is 2.20. The number of hydrogen-bond acceptors (Lipinski definition) is 5. The Labute approximate surface area is 559 Å². The van der Waals surface area contributed by atoms with Crippen molar-refractivity contribution >= 4 is 11.9 Å². The summed E-state index contributed by atoms with van der Waals surface area (Å²) in [5.41, 5.74) is 0. The maximum Gasteiger partial charge on any atom is 0.305 e. The van der Waals surface area contributed by atoms with Crippen LogP contribution in [0.25, 0.3) is 0 Å². The Balaban J connectivity index is 3.29. The molecule has 0 bridgehead atoms. The zero-order valence-electron chi connectivity index (χ0n) is 61.0. The second-order valence-corrected chi connectivity index (χ2v) is 28.8. The Morgan fingerprint density at radius 3 is 0.798 bits per heavy atom. The first kappa shape index (κ1) is 87.6. The van der Waals surface area contributed by atoms with Crippen LogP contribution in [0.15, 0.2) is 12.2 Å². The molecule has 0 aliphatic carbocycles. The van der Waals surface area contributed by atoms with E-state index in [4.69, 9.17) is 4.74 Å². The highest BCUT2D eigenvalue weighted by Crippen LogP contribution is 2.21. The number of esters is 1. The number of allylic oxidation sites excluding steroid dienone is 2. The van der Waals surface area contributed by atoms with E-state index in [1.807, 2.05) is 0 Å². The minimum Gasteiger partial charge on any atom is -0.466 e. The van der Waals surface area contributed by atoms with E-state index in [9.17, 15) is 19.8 Å². The number of aliphatic hydroxyl groups is 2. The van der Waals surface area contributed by atoms with Crippen LogP contribution in [0.3, 0.4) is 0 Å². The molecule has 6 nitrogen and oxygen atoms in total. The van der Waals surface area contributed by atoms with E-state index in [0.717, 1.165) is 38.5 Å². The van der Waals surface area contributed by atoms with Gasteiger partial charge in [-0.15, -0.1) is 0 Å². The summed E-state index contributed by atoms with van der Waals surface area (Å²) in [6, 6.07) is -0.537. The Kier molecular flexibility index (Phi) is 77.8. The smallest absolute Gasteiger partial charge is 0.305 e. The Bertz CT molecular complexity index is 1350. The van der Waals surface area contributed by atoms with Gasteiger partial charge in [-0.05, 0) is 51.4 Å². The van der Waals surface area contributed by atoms with Gasteiger partial charge in [0.05, 0.1) is 25.4 Å². The van der Waals surface area contributed by atoms with Crippen molar-refractivity contribution in [3.8, 4) is 0 Å². The molecule has 89 heavy (non-hydrogen) atoms. The van der Waals surface area contributed by atoms with E-state index >= 15 is 0 Å². The number of rotatable bonds is 79. The lowest BCUT2D eigenvalue weighted by molar-refractivity contribution is -0.143. The normalized spacial score (nSPS) is 12.4. The van der Waals surface area contributed by atoms with Crippen molar-refractivity contribution in [3.05, 3.63) is 12.2 Å². The maximum atomic E-state index is 12.6. The fourth-order valence-electron chi connectivity index (χ4n) is 13.5. The van der Waals surface area contributed by atoms with Gasteiger partial charge >= 0.3 is 5.97 Å². The summed E-state index contributed by atoms with van der Waals surface area (Å²) in [5, 5.41) is 23.4. The minimum absolute atomic E-state index is 0.0235. The average molecular weight is 1260 g/mol. The number of aliphatic hydroxyl groups excluding tert-OH is 2. The number of amides is 1. The van der Waals surface area contributed by atoms with Gasteiger partial charge in [0.2, 0.25) is 5.91 Å². The molecule has 0 aliphatic rings. The molecule has 0 aliphatic heterocycles. The third-order valence-corrected chi connectivity index (χ3v) is 19.8. The first-order chi connectivity index (χ1) is 44.0. The molecule has 530 valence electrons. The molecule has 0 radical (unpaired) electrons. The molecule has 2 unspecified atom stereocenters. The van der Waals surface area contributed by atoms with E-state index in [1.165, 1.54) is 411 Å². The van der Waals surface area contributed by atoms with Gasteiger partial charge in [0.1, 0.15) is 0 Å². The van der Waals surface area contributed by atoms with E-state index in [0.29, 0.717) is 25.9 Å². The Morgan fingerprint density at radius 2 is 0.528 bits per heavy atom. The van der Waals surface area contributed by atoms with Crippen molar-refractivity contribution in [3.63, 3.8) is 0 Å². The van der Waals surface area contributed by atoms with E-state index in [1.54, 1.807) is 0 Å². The summed E-state index contributed by atoms with van der Waals surface area (Å²) in [6.45, 7) is 5.01. The first-order valence-corrected chi connectivity index (χ1v) is 41.4. The van der Waals surface area contributed by atoms with Crippen molar-refractivity contribution in [1.82, 2.24) is 5.32 Å². The number of hydrogen-bond donors (Lipinski definition) is 3. The van der Waals surface area contributed by atoms with Gasteiger partial charge in [-0.1, -0.05) is 431 Å². The van der Waals surface area contributed by atoms with Gasteiger partial charge in [0.25, 0.3) is 0 Å². The van der Waals surface area contributed by atoms with Crippen LogP contribution in [0.2, 0.25) is 0 Å². The van der Waals surface area contributed by atoms with Crippen LogP contribution in [0.5, 0.6) is 0 Å². The summed E-state index contributed by atoms with van der Waals surface area (Å²) < 4.78 is 5.52. The number of carbonyl (C=O) groups excluding carboxylic acids is 2. The van der Waals surface area contributed by atoms with Crippen LogP contribution in [0.4, 0.5) is 0 Å². The maximum absolute atomic E-state index is 12.6. The van der Waals surface area contributed by atoms with E-state index in [-0.39, 0.29) is 18.5 Å². The molecule has 0 aromatic carbocycles. The van der Waals surface area contributed by atoms with Crippen LogP contribution in [-0.2, 0) is 14.3 Å². The van der Waals surface area contributed by atoms with Crippen molar-refractivity contribution < 1.29 is 24.5 Å². The lowest BCUT2D eigenvalue weighted by Gasteiger charge is -2.22. The molecule has 0 saturated carbocycles. The van der Waals surface area contributed by atoms with Gasteiger partial charge in [-0.25, -0.2) is 0 Å². The monoisotopic (exact) mass is 1250 g/mol. The van der Waals surface area contributed by atoms with Gasteiger partial charge in [0.15, 0.2) is 0 Å². The van der Waals surface area contributed by atoms with Crippen molar-refractivity contribution in [2.45, 2.75) is 495 Å². The summed E-state index contributed by atoms with van der Waals surface area (Å²) in [7, 11) is 0. The number of nitrogens with one attached hydrogen (secondary N) is 1. The molecule has 0 heterocycles. The van der Waals surface area contributed by atoms with Crippen LogP contribution in [-0.4, -0.2) is 47.4 Å². The SMILES string of the molecule is CCCCCCCC/C=C\CCCCCCCCCCCC(=O)OCCCCCCCCCCCCCCCCCCCCCCCCCCCCCCCCCCCCCC(=O)NC(CO)C(O)CCCCCCCCCCCCCCCCCCCC. The summed E-state index contributed by atoms with van der Waals surface area (Å²) in [4.78, 5) is 24.7. The van der Waals surface area contributed by atoms with Crippen LogP contribution < -0.4 is 5.32 Å². The summed E-state index contributed by atoms with van der Waals surface area (Å²) in [5.74, 6) is -0.000934. The largest absolute Gasteiger partial charge is 0.466 e. The predicted octanol–water partition coefficient (Wildman–Crippen LogP) is 27.4. The first-order valence-electron chi connectivity index (χ1n) is 41.4. The van der Waals surface area contributed by atoms with Gasteiger partial charge in [0, 0.05) is 12.8 Å². The van der Waals surface area contributed by atoms with Crippen molar-refractivity contribution in [1.29, 1.82) is 0 Å². The molecule has 0 spiro atoms. The van der Waals surface area contributed by atoms with Gasteiger partial charge in [-0.2, -0.15) is 0 Å². The number of unbranched alkanes of at least 4 members (excludes halogenated alkanes) is 66.